The van der Waals surface area contributed by atoms with E-state index in [1.54, 1.807) is 31.2 Å². The predicted molar refractivity (Wildman–Crippen MR) is 121 cm³/mol. The highest BCUT2D eigenvalue weighted by molar-refractivity contribution is 7.99. The SMILES string of the molecule is C.CNc1c(N2CCN(Cc3ccc4c(c3)Nc3nccnc3S4)CC2)c(=O)c1=O. The summed E-state index contributed by atoms with van der Waals surface area (Å²) in [4.78, 5) is 37.8. The van der Waals surface area contributed by atoms with Crippen molar-refractivity contribution >= 4 is 34.6 Å². The topological polar surface area (TPSA) is 90.5 Å². The Morgan fingerprint density at radius 1 is 1.10 bits per heavy atom. The first-order chi connectivity index (χ1) is 14.1. The van der Waals surface area contributed by atoms with Gasteiger partial charge < -0.3 is 15.5 Å². The predicted octanol–water partition coefficient (Wildman–Crippen LogP) is 2.28. The van der Waals surface area contributed by atoms with Crippen LogP contribution < -0.4 is 26.4 Å². The average molecular weight is 425 g/mol. The van der Waals surface area contributed by atoms with Gasteiger partial charge in [0.1, 0.15) is 16.4 Å². The highest BCUT2D eigenvalue weighted by Gasteiger charge is 2.28. The molecule has 0 spiro atoms. The van der Waals surface area contributed by atoms with Crippen LogP contribution in [0, 0.1) is 0 Å². The number of aromatic nitrogens is 2. The van der Waals surface area contributed by atoms with Crippen molar-refractivity contribution < 1.29 is 0 Å². The number of nitrogens with zero attached hydrogens (tertiary/aromatic N) is 4. The summed E-state index contributed by atoms with van der Waals surface area (Å²) in [6, 6.07) is 6.44. The van der Waals surface area contributed by atoms with Gasteiger partial charge in [-0.2, -0.15) is 0 Å². The molecule has 2 N–H and O–H groups in total. The first-order valence-corrected chi connectivity index (χ1v) is 10.3. The van der Waals surface area contributed by atoms with Crippen molar-refractivity contribution in [2.75, 3.05) is 48.8 Å². The Bertz CT molecular complexity index is 1150. The molecule has 2 aliphatic heterocycles. The van der Waals surface area contributed by atoms with Crippen molar-refractivity contribution in [3.8, 4) is 0 Å². The van der Waals surface area contributed by atoms with E-state index < -0.39 is 5.43 Å². The molecule has 3 heterocycles. The molecule has 0 aliphatic carbocycles. The summed E-state index contributed by atoms with van der Waals surface area (Å²) in [5.41, 5.74) is 2.50. The zero-order valence-electron chi connectivity index (χ0n) is 15.9. The molecule has 9 heteroatoms. The van der Waals surface area contributed by atoms with Crippen molar-refractivity contribution in [3.05, 3.63) is 56.6 Å². The lowest BCUT2D eigenvalue weighted by Crippen LogP contribution is -2.51. The number of benzene rings is 1. The molecule has 2 aromatic carbocycles. The fraction of sp³-hybridized carbons (Fsp3) is 0.333. The second kappa shape index (κ2) is 8.08. The monoisotopic (exact) mass is 424 g/mol. The van der Waals surface area contributed by atoms with Crippen LogP contribution in [0.25, 0.3) is 0 Å². The zero-order chi connectivity index (χ0) is 20.0. The van der Waals surface area contributed by atoms with Crippen LogP contribution in [0.2, 0.25) is 0 Å². The molecule has 0 amide bonds. The van der Waals surface area contributed by atoms with E-state index in [0.29, 0.717) is 11.4 Å². The summed E-state index contributed by atoms with van der Waals surface area (Å²) < 4.78 is 0. The molecule has 30 heavy (non-hydrogen) atoms. The maximum absolute atomic E-state index is 11.9. The van der Waals surface area contributed by atoms with E-state index in [0.717, 1.165) is 54.2 Å². The highest BCUT2D eigenvalue weighted by atomic mass is 32.2. The van der Waals surface area contributed by atoms with E-state index in [1.807, 2.05) is 4.90 Å². The minimum atomic E-state index is -0.407. The van der Waals surface area contributed by atoms with Gasteiger partial charge in [-0.1, -0.05) is 25.3 Å². The number of hydrogen-bond donors (Lipinski definition) is 2. The molecular weight excluding hydrogens is 400 g/mol. The first kappa shape index (κ1) is 20.4. The van der Waals surface area contributed by atoms with Crippen molar-refractivity contribution in [1.82, 2.24) is 14.9 Å². The van der Waals surface area contributed by atoms with E-state index in [4.69, 9.17) is 0 Å². The van der Waals surface area contributed by atoms with Crippen molar-refractivity contribution in [3.63, 3.8) is 0 Å². The summed E-state index contributed by atoms with van der Waals surface area (Å²) in [7, 11) is 1.68. The van der Waals surface area contributed by atoms with Gasteiger partial charge in [0.05, 0.1) is 5.69 Å². The van der Waals surface area contributed by atoms with Gasteiger partial charge in [0.15, 0.2) is 5.82 Å². The summed E-state index contributed by atoms with van der Waals surface area (Å²) in [5, 5.41) is 7.12. The molecular formula is C21H24N6O2S. The molecule has 1 aromatic heterocycles. The Kier molecular flexibility index (Phi) is 5.48. The van der Waals surface area contributed by atoms with Gasteiger partial charge in [0.25, 0.3) is 10.9 Å². The number of anilines is 4. The summed E-state index contributed by atoms with van der Waals surface area (Å²) in [6.45, 7) is 4.00. The number of rotatable bonds is 4. The van der Waals surface area contributed by atoms with Crippen LogP contribution in [-0.4, -0.2) is 48.1 Å². The van der Waals surface area contributed by atoms with Crippen LogP contribution in [0.3, 0.4) is 0 Å². The van der Waals surface area contributed by atoms with E-state index in [2.05, 4.69) is 43.7 Å². The molecule has 1 saturated heterocycles. The van der Waals surface area contributed by atoms with Crippen LogP contribution in [0.1, 0.15) is 13.0 Å². The number of hydrogen-bond acceptors (Lipinski definition) is 9. The molecule has 8 nitrogen and oxygen atoms in total. The number of fused-ring (bicyclic) bond motifs is 2. The molecule has 0 atom stereocenters. The van der Waals surface area contributed by atoms with Gasteiger partial charge in [-0.3, -0.25) is 14.5 Å². The van der Waals surface area contributed by atoms with Crippen LogP contribution in [0.4, 0.5) is 22.9 Å². The lowest BCUT2D eigenvalue weighted by atomic mass is 10.1. The minimum Gasteiger partial charge on any atom is -0.383 e. The smallest absolute Gasteiger partial charge is 0.253 e. The van der Waals surface area contributed by atoms with Crippen LogP contribution in [0.5, 0.6) is 0 Å². The van der Waals surface area contributed by atoms with E-state index in [1.165, 1.54) is 5.56 Å². The van der Waals surface area contributed by atoms with Crippen molar-refractivity contribution in [2.45, 2.75) is 23.9 Å². The van der Waals surface area contributed by atoms with E-state index >= 15 is 0 Å². The summed E-state index contributed by atoms with van der Waals surface area (Å²) in [5.74, 6) is 0.795. The molecule has 0 bridgehead atoms. The van der Waals surface area contributed by atoms with Crippen molar-refractivity contribution in [2.24, 2.45) is 0 Å². The third-order valence-electron chi connectivity index (χ3n) is 5.40. The lowest BCUT2D eigenvalue weighted by molar-refractivity contribution is 0.249. The third-order valence-corrected chi connectivity index (χ3v) is 6.47. The van der Waals surface area contributed by atoms with Gasteiger partial charge in [0, 0.05) is 57.1 Å². The molecule has 2 aliphatic rings. The Hall–Kier alpha value is -2.91. The standard InChI is InChI=1S/C20H20N6O2S.CH4/c1-21-15-16(18(28)17(15)27)26-8-6-25(7-9-26)11-12-2-3-14-13(10-12)24-19-20(29-14)23-5-4-22-19;/h2-5,10,21H,6-9,11H2,1H3,(H,22,24);1H4. The van der Waals surface area contributed by atoms with Crippen LogP contribution >= 0.6 is 11.8 Å². The second-order valence-corrected chi connectivity index (χ2v) is 8.19. The molecule has 0 saturated carbocycles. The molecule has 0 unspecified atom stereocenters. The molecule has 0 radical (unpaired) electrons. The van der Waals surface area contributed by atoms with E-state index in [9.17, 15) is 9.59 Å². The maximum atomic E-state index is 11.9. The number of piperazine rings is 1. The van der Waals surface area contributed by atoms with E-state index in [-0.39, 0.29) is 12.9 Å². The zero-order valence-corrected chi connectivity index (χ0v) is 16.8. The second-order valence-electron chi connectivity index (χ2n) is 7.16. The van der Waals surface area contributed by atoms with Gasteiger partial charge in [-0.05, 0) is 17.7 Å². The summed E-state index contributed by atoms with van der Waals surface area (Å²) >= 11 is 1.63. The fourth-order valence-electron chi connectivity index (χ4n) is 3.88. The van der Waals surface area contributed by atoms with Gasteiger partial charge in [0.2, 0.25) is 0 Å². The molecule has 5 rings (SSSR count). The lowest BCUT2D eigenvalue weighted by Gasteiger charge is -2.37. The number of nitrogens with one attached hydrogen (secondary N) is 2. The normalized spacial score (nSPS) is 15.7. The molecule has 1 fully saturated rings. The quantitative estimate of drug-likeness (QED) is 0.479. The van der Waals surface area contributed by atoms with Gasteiger partial charge >= 0.3 is 0 Å². The van der Waals surface area contributed by atoms with Crippen molar-refractivity contribution in [1.29, 1.82) is 0 Å². The first-order valence-electron chi connectivity index (χ1n) is 9.51. The molecule has 156 valence electrons. The highest BCUT2D eigenvalue weighted by Crippen LogP contribution is 2.42. The largest absolute Gasteiger partial charge is 0.383 e. The van der Waals surface area contributed by atoms with Crippen LogP contribution in [0.15, 0.2) is 50.1 Å². The Morgan fingerprint density at radius 3 is 2.63 bits per heavy atom. The minimum absolute atomic E-state index is 0. The Balaban J connectivity index is 0.00000218. The molecule has 3 aromatic rings. The Labute approximate surface area is 179 Å². The van der Waals surface area contributed by atoms with Crippen LogP contribution in [-0.2, 0) is 6.54 Å². The van der Waals surface area contributed by atoms with Gasteiger partial charge in [-0.15, -0.1) is 0 Å². The Morgan fingerprint density at radius 2 is 1.87 bits per heavy atom. The third kappa shape index (κ3) is 3.44. The maximum Gasteiger partial charge on any atom is 0.253 e. The fourth-order valence-corrected chi connectivity index (χ4v) is 4.76. The average Bonchev–Trinajstić information content (AvgIpc) is 2.76. The summed E-state index contributed by atoms with van der Waals surface area (Å²) in [6.07, 6.45) is 3.39. The van der Waals surface area contributed by atoms with Gasteiger partial charge in [-0.25, -0.2) is 9.97 Å².